The second-order valence-electron chi connectivity index (χ2n) is 7.77. The maximum Gasteiger partial charge on any atom is 0.243 e. The molecule has 6 nitrogen and oxygen atoms in total. The molecule has 0 aromatic heterocycles. The standard InChI is InChI=1S/C18H27N3O3S/c1-14(22)21-8-7-15-13-16(5-6-17(15)21)25(23,24)20-11-9-19(10-12-20)18(2,3)4/h5-6,13H,7-12H2,1-4H3. The largest absolute Gasteiger partial charge is 0.312 e. The molecule has 138 valence electrons. The van der Waals surface area contributed by atoms with E-state index in [0.29, 0.717) is 31.0 Å². The van der Waals surface area contributed by atoms with Gasteiger partial charge in [-0.25, -0.2) is 8.42 Å². The Bertz CT molecular complexity index is 775. The lowest BCUT2D eigenvalue weighted by molar-refractivity contribution is -0.116. The lowest BCUT2D eigenvalue weighted by Crippen LogP contribution is -2.54. The average Bonchev–Trinajstić information content (AvgIpc) is 2.97. The average molecular weight is 365 g/mol. The van der Waals surface area contributed by atoms with Gasteiger partial charge in [-0.2, -0.15) is 4.31 Å². The molecule has 1 aromatic carbocycles. The molecule has 1 fully saturated rings. The minimum Gasteiger partial charge on any atom is -0.312 e. The van der Waals surface area contributed by atoms with Crippen molar-refractivity contribution >= 4 is 21.6 Å². The van der Waals surface area contributed by atoms with Gasteiger partial charge in [0.1, 0.15) is 0 Å². The van der Waals surface area contributed by atoms with Crippen molar-refractivity contribution in [2.75, 3.05) is 37.6 Å². The number of hydrogen-bond donors (Lipinski definition) is 0. The first kappa shape index (κ1) is 18.4. The fraction of sp³-hybridized carbons (Fsp3) is 0.611. The molecule has 0 N–H and O–H groups in total. The zero-order chi connectivity index (χ0) is 18.4. The smallest absolute Gasteiger partial charge is 0.243 e. The molecule has 2 aliphatic rings. The molecule has 0 bridgehead atoms. The van der Waals surface area contributed by atoms with Gasteiger partial charge < -0.3 is 4.90 Å². The number of carbonyl (C=O) groups excluding carboxylic acids is 1. The van der Waals surface area contributed by atoms with Crippen LogP contribution in [0.3, 0.4) is 0 Å². The predicted molar refractivity (Wildman–Crippen MR) is 98.3 cm³/mol. The molecule has 7 heteroatoms. The van der Waals surface area contributed by atoms with E-state index in [2.05, 4.69) is 25.7 Å². The van der Waals surface area contributed by atoms with Gasteiger partial charge in [0.25, 0.3) is 0 Å². The number of anilines is 1. The Morgan fingerprint density at radius 1 is 1.04 bits per heavy atom. The Morgan fingerprint density at radius 3 is 2.24 bits per heavy atom. The van der Waals surface area contributed by atoms with Gasteiger partial charge in [-0.15, -0.1) is 0 Å². The molecule has 1 saturated heterocycles. The second-order valence-corrected chi connectivity index (χ2v) is 9.71. The normalized spacial score (nSPS) is 19.9. The zero-order valence-electron chi connectivity index (χ0n) is 15.4. The third kappa shape index (κ3) is 3.45. The van der Waals surface area contributed by atoms with Gasteiger partial charge in [-0.3, -0.25) is 9.69 Å². The molecule has 0 atom stereocenters. The number of sulfonamides is 1. The Labute approximate surface area is 150 Å². The van der Waals surface area contributed by atoms with E-state index in [4.69, 9.17) is 0 Å². The van der Waals surface area contributed by atoms with Crippen LogP contribution in [0.25, 0.3) is 0 Å². The van der Waals surface area contributed by atoms with Crippen LogP contribution in [0.4, 0.5) is 5.69 Å². The summed E-state index contributed by atoms with van der Waals surface area (Å²) < 4.78 is 27.5. The van der Waals surface area contributed by atoms with Crippen LogP contribution in [0, 0.1) is 0 Å². The molecular weight excluding hydrogens is 338 g/mol. The number of nitrogens with zero attached hydrogens (tertiary/aromatic N) is 3. The third-order valence-electron chi connectivity index (χ3n) is 5.15. The first-order chi connectivity index (χ1) is 11.6. The predicted octanol–water partition coefficient (Wildman–Crippen LogP) is 1.70. The highest BCUT2D eigenvalue weighted by atomic mass is 32.2. The second kappa shape index (κ2) is 6.37. The van der Waals surface area contributed by atoms with Crippen molar-refractivity contribution < 1.29 is 13.2 Å². The van der Waals surface area contributed by atoms with E-state index in [0.717, 1.165) is 24.3 Å². The van der Waals surface area contributed by atoms with E-state index < -0.39 is 10.0 Å². The number of carbonyl (C=O) groups is 1. The van der Waals surface area contributed by atoms with Crippen LogP contribution < -0.4 is 4.90 Å². The number of hydrogen-bond acceptors (Lipinski definition) is 4. The molecule has 1 amide bonds. The first-order valence-corrected chi connectivity index (χ1v) is 10.2. The van der Waals surface area contributed by atoms with Gasteiger partial charge in [0.15, 0.2) is 0 Å². The molecule has 0 unspecified atom stereocenters. The van der Waals surface area contributed by atoms with Gasteiger partial charge in [0, 0.05) is 50.9 Å². The van der Waals surface area contributed by atoms with Crippen LogP contribution >= 0.6 is 0 Å². The van der Waals surface area contributed by atoms with E-state index in [-0.39, 0.29) is 11.4 Å². The van der Waals surface area contributed by atoms with E-state index in [1.54, 1.807) is 27.4 Å². The molecular formula is C18H27N3O3S. The van der Waals surface area contributed by atoms with Crippen LogP contribution in [-0.4, -0.2) is 61.8 Å². The molecule has 2 aliphatic heterocycles. The van der Waals surface area contributed by atoms with Crippen molar-refractivity contribution in [3.05, 3.63) is 23.8 Å². The maximum absolute atomic E-state index is 13.0. The first-order valence-electron chi connectivity index (χ1n) is 8.77. The fourth-order valence-electron chi connectivity index (χ4n) is 3.61. The van der Waals surface area contributed by atoms with Crippen molar-refractivity contribution in [3.8, 4) is 0 Å². The van der Waals surface area contributed by atoms with Crippen LogP contribution in [-0.2, 0) is 21.2 Å². The summed E-state index contributed by atoms with van der Waals surface area (Å²) in [7, 11) is -3.49. The maximum atomic E-state index is 13.0. The number of piperazine rings is 1. The third-order valence-corrected chi connectivity index (χ3v) is 7.05. The highest BCUT2D eigenvalue weighted by molar-refractivity contribution is 7.89. The van der Waals surface area contributed by atoms with Crippen LogP contribution in [0.5, 0.6) is 0 Å². The minimum absolute atomic E-state index is 0.00680. The quantitative estimate of drug-likeness (QED) is 0.800. The van der Waals surface area contributed by atoms with E-state index in [1.165, 1.54) is 6.92 Å². The van der Waals surface area contributed by atoms with Gasteiger partial charge in [0.2, 0.25) is 15.9 Å². The minimum atomic E-state index is -3.49. The van der Waals surface area contributed by atoms with Crippen molar-refractivity contribution in [2.24, 2.45) is 0 Å². The molecule has 0 saturated carbocycles. The molecule has 3 rings (SSSR count). The summed E-state index contributed by atoms with van der Waals surface area (Å²) in [6.07, 6.45) is 0.704. The van der Waals surface area contributed by atoms with Crippen LogP contribution in [0.2, 0.25) is 0 Å². The Kier molecular flexibility index (Phi) is 4.68. The van der Waals surface area contributed by atoms with E-state index >= 15 is 0 Å². The molecule has 1 aromatic rings. The molecule has 25 heavy (non-hydrogen) atoms. The summed E-state index contributed by atoms with van der Waals surface area (Å²) in [6.45, 7) is 11.1. The topological polar surface area (TPSA) is 60.9 Å². The fourth-order valence-corrected chi connectivity index (χ4v) is 5.09. The van der Waals surface area contributed by atoms with Gasteiger partial charge in [-0.1, -0.05) is 0 Å². The molecule has 0 aliphatic carbocycles. The Morgan fingerprint density at radius 2 is 1.68 bits per heavy atom. The van der Waals surface area contributed by atoms with E-state index in [1.807, 2.05) is 0 Å². The summed E-state index contributed by atoms with van der Waals surface area (Å²) in [4.78, 5) is 16.0. The molecule has 0 spiro atoms. The number of fused-ring (bicyclic) bond motifs is 1. The number of benzene rings is 1. The summed E-state index contributed by atoms with van der Waals surface area (Å²) in [5.74, 6) is -0.00680. The SMILES string of the molecule is CC(=O)N1CCc2cc(S(=O)(=O)N3CCN(C(C)(C)C)CC3)ccc21. The summed E-state index contributed by atoms with van der Waals surface area (Å²) in [6, 6.07) is 5.14. The van der Waals surface area contributed by atoms with Gasteiger partial charge in [-0.05, 0) is 51.0 Å². The summed E-state index contributed by atoms with van der Waals surface area (Å²) in [5, 5.41) is 0. The lowest BCUT2D eigenvalue weighted by atomic mass is 10.1. The summed E-state index contributed by atoms with van der Waals surface area (Å²) >= 11 is 0. The van der Waals surface area contributed by atoms with Crippen molar-refractivity contribution in [1.29, 1.82) is 0 Å². The van der Waals surface area contributed by atoms with Crippen molar-refractivity contribution in [1.82, 2.24) is 9.21 Å². The van der Waals surface area contributed by atoms with Gasteiger partial charge in [0.05, 0.1) is 4.90 Å². The highest BCUT2D eigenvalue weighted by Gasteiger charge is 2.33. The lowest BCUT2D eigenvalue weighted by Gasteiger charge is -2.41. The monoisotopic (exact) mass is 365 g/mol. The molecule has 2 heterocycles. The zero-order valence-corrected chi connectivity index (χ0v) is 16.3. The highest BCUT2D eigenvalue weighted by Crippen LogP contribution is 2.31. The Hall–Kier alpha value is -1.44. The van der Waals surface area contributed by atoms with Crippen LogP contribution in [0.15, 0.2) is 23.1 Å². The van der Waals surface area contributed by atoms with Crippen molar-refractivity contribution in [3.63, 3.8) is 0 Å². The molecule has 0 radical (unpaired) electrons. The van der Waals surface area contributed by atoms with Crippen molar-refractivity contribution in [2.45, 2.75) is 44.6 Å². The van der Waals surface area contributed by atoms with E-state index in [9.17, 15) is 13.2 Å². The summed E-state index contributed by atoms with van der Waals surface area (Å²) in [5.41, 5.74) is 1.83. The Balaban J connectivity index is 1.79. The van der Waals surface area contributed by atoms with Crippen LogP contribution in [0.1, 0.15) is 33.3 Å². The van der Waals surface area contributed by atoms with Gasteiger partial charge >= 0.3 is 0 Å². The number of rotatable bonds is 2. The number of amides is 1.